The summed E-state index contributed by atoms with van der Waals surface area (Å²) in [4.78, 5) is 17.7. The van der Waals surface area contributed by atoms with Crippen LogP contribution in [0.15, 0.2) is 0 Å². The second-order valence-electron chi connectivity index (χ2n) is 4.21. The molecule has 0 bridgehead atoms. The largest absolute Gasteiger partial charge is 0.396 e. The van der Waals surface area contributed by atoms with Crippen LogP contribution in [0.4, 0.5) is 9.93 Å². The average molecular weight is 256 g/mol. The van der Waals surface area contributed by atoms with E-state index in [1.807, 2.05) is 0 Å². The fraction of sp³-hybridized carbons (Fsp3) is 0.700. The Bertz CT molecular complexity index is 395. The SMILES string of the molecule is Cc1nsc(NC(=O)N2CCC[C@@H](CO)C2)n1. The number of amides is 2. The molecule has 1 saturated heterocycles. The number of hydrogen-bond donors (Lipinski definition) is 2. The number of anilines is 1. The van der Waals surface area contributed by atoms with Crippen LogP contribution in [0.3, 0.4) is 0 Å². The molecule has 0 saturated carbocycles. The van der Waals surface area contributed by atoms with E-state index in [0.29, 0.717) is 17.5 Å². The third-order valence-electron chi connectivity index (χ3n) is 2.81. The molecule has 7 heteroatoms. The average Bonchev–Trinajstić information content (AvgIpc) is 2.75. The maximum atomic E-state index is 11.9. The second-order valence-corrected chi connectivity index (χ2v) is 4.97. The molecule has 2 amide bonds. The Balaban J connectivity index is 1.91. The predicted molar refractivity (Wildman–Crippen MR) is 65.0 cm³/mol. The van der Waals surface area contributed by atoms with Gasteiger partial charge in [0, 0.05) is 31.2 Å². The Labute approximate surface area is 104 Å². The van der Waals surface area contributed by atoms with Crippen LogP contribution in [0, 0.1) is 12.8 Å². The van der Waals surface area contributed by atoms with Gasteiger partial charge in [-0.3, -0.25) is 5.32 Å². The van der Waals surface area contributed by atoms with E-state index >= 15 is 0 Å². The first-order chi connectivity index (χ1) is 8.19. The summed E-state index contributed by atoms with van der Waals surface area (Å²) in [6, 6.07) is -0.153. The van der Waals surface area contributed by atoms with Gasteiger partial charge >= 0.3 is 6.03 Å². The summed E-state index contributed by atoms with van der Waals surface area (Å²) in [6.45, 7) is 3.27. The van der Waals surface area contributed by atoms with Crippen LogP contribution in [0.5, 0.6) is 0 Å². The highest BCUT2D eigenvalue weighted by atomic mass is 32.1. The minimum absolute atomic E-state index is 0.141. The van der Waals surface area contributed by atoms with Crippen molar-refractivity contribution >= 4 is 22.7 Å². The minimum atomic E-state index is -0.153. The van der Waals surface area contributed by atoms with Crippen molar-refractivity contribution in [2.24, 2.45) is 5.92 Å². The summed E-state index contributed by atoms with van der Waals surface area (Å²) in [5, 5.41) is 12.4. The highest BCUT2D eigenvalue weighted by Gasteiger charge is 2.23. The van der Waals surface area contributed by atoms with E-state index in [1.165, 1.54) is 11.5 Å². The van der Waals surface area contributed by atoms with Crippen LogP contribution in [-0.2, 0) is 0 Å². The van der Waals surface area contributed by atoms with Gasteiger partial charge in [-0.05, 0) is 25.7 Å². The zero-order chi connectivity index (χ0) is 12.3. The number of likely N-dealkylation sites (tertiary alicyclic amines) is 1. The number of carbonyl (C=O) groups is 1. The van der Waals surface area contributed by atoms with Crippen LogP contribution < -0.4 is 5.32 Å². The first-order valence-corrected chi connectivity index (χ1v) is 6.43. The number of carbonyl (C=O) groups excluding carboxylic acids is 1. The molecule has 1 atom stereocenters. The number of urea groups is 1. The monoisotopic (exact) mass is 256 g/mol. The molecule has 2 rings (SSSR count). The van der Waals surface area contributed by atoms with Gasteiger partial charge in [0.2, 0.25) is 5.13 Å². The van der Waals surface area contributed by atoms with E-state index in [1.54, 1.807) is 11.8 Å². The van der Waals surface area contributed by atoms with Crippen molar-refractivity contribution in [3.8, 4) is 0 Å². The zero-order valence-corrected chi connectivity index (χ0v) is 10.5. The van der Waals surface area contributed by atoms with E-state index in [4.69, 9.17) is 5.11 Å². The van der Waals surface area contributed by atoms with Crippen LogP contribution >= 0.6 is 11.5 Å². The van der Waals surface area contributed by atoms with Crippen LogP contribution in [0.1, 0.15) is 18.7 Å². The van der Waals surface area contributed by atoms with Crippen molar-refractivity contribution in [2.45, 2.75) is 19.8 Å². The van der Waals surface area contributed by atoms with Gasteiger partial charge in [0.1, 0.15) is 5.82 Å². The molecule has 2 N–H and O–H groups in total. The van der Waals surface area contributed by atoms with Crippen molar-refractivity contribution in [2.75, 3.05) is 25.0 Å². The van der Waals surface area contributed by atoms with Gasteiger partial charge in [-0.15, -0.1) is 0 Å². The molecule has 0 spiro atoms. The molecule has 17 heavy (non-hydrogen) atoms. The first-order valence-electron chi connectivity index (χ1n) is 5.66. The number of nitrogens with one attached hydrogen (secondary N) is 1. The summed E-state index contributed by atoms with van der Waals surface area (Å²) in [6.07, 6.45) is 1.92. The molecule has 1 fully saturated rings. The highest BCUT2D eigenvalue weighted by Crippen LogP contribution is 2.17. The number of hydrogen-bond acceptors (Lipinski definition) is 5. The van der Waals surface area contributed by atoms with E-state index < -0.39 is 0 Å². The number of aromatic nitrogens is 2. The molecule has 0 aliphatic carbocycles. The quantitative estimate of drug-likeness (QED) is 0.830. The Hall–Kier alpha value is -1.21. The van der Waals surface area contributed by atoms with Gasteiger partial charge < -0.3 is 10.0 Å². The van der Waals surface area contributed by atoms with Gasteiger partial charge in [0.05, 0.1) is 0 Å². The molecule has 1 aromatic heterocycles. The molecule has 0 radical (unpaired) electrons. The third kappa shape index (κ3) is 3.13. The predicted octanol–water partition coefficient (Wildman–Crippen LogP) is 1.08. The van der Waals surface area contributed by atoms with E-state index in [2.05, 4.69) is 14.7 Å². The maximum Gasteiger partial charge on any atom is 0.323 e. The van der Waals surface area contributed by atoms with Crippen molar-refractivity contribution in [1.82, 2.24) is 14.3 Å². The zero-order valence-electron chi connectivity index (χ0n) is 9.72. The molecule has 6 nitrogen and oxygen atoms in total. The second kappa shape index (κ2) is 5.42. The molecular weight excluding hydrogens is 240 g/mol. The molecule has 0 aromatic carbocycles. The molecule has 0 unspecified atom stereocenters. The number of nitrogens with zero attached hydrogens (tertiary/aromatic N) is 3. The van der Waals surface area contributed by atoms with Crippen LogP contribution in [0.2, 0.25) is 0 Å². The smallest absolute Gasteiger partial charge is 0.323 e. The Morgan fingerprint density at radius 3 is 3.18 bits per heavy atom. The number of aliphatic hydroxyl groups is 1. The van der Waals surface area contributed by atoms with Gasteiger partial charge in [-0.25, -0.2) is 9.78 Å². The van der Waals surface area contributed by atoms with Crippen molar-refractivity contribution in [1.29, 1.82) is 0 Å². The molecule has 94 valence electrons. The lowest BCUT2D eigenvalue weighted by molar-refractivity contribution is 0.136. The Morgan fingerprint density at radius 2 is 2.53 bits per heavy atom. The minimum Gasteiger partial charge on any atom is -0.396 e. The van der Waals surface area contributed by atoms with Crippen LogP contribution in [0.25, 0.3) is 0 Å². The molecule has 1 aromatic rings. The van der Waals surface area contributed by atoms with Gasteiger partial charge in [-0.1, -0.05) is 0 Å². The van der Waals surface area contributed by atoms with E-state index in [0.717, 1.165) is 19.4 Å². The summed E-state index contributed by atoms with van der Waals surface area (Å²) in [5.41, 5.74) is 0. The van der Waals surface area contributed by atoms with E-state index in [-0.39, 0.29) is 18.6 Å². The molecule has 2 heterocycles. The van der Waals surface area contributed by atoms with Gasteiger partial charge in [-0.2, -0.15) is 4.37 Å². The lowest BCUT2D eigenvalue weighted by atomic mass is 9.99. The topological polar surface area (TPSA) is 78.4 Å². The molecule has 1 aliphatic rings. The fourth-order valence-corrected chi connectivity index (χ4v) is 2.48. The summed E-state index contributed by atoms with van der Waals surface area (Å²) in [7, 11) is 0. The molecular formula is C10H16N4O2S. The highest BCUT2D eigenvalue weighted by molar-refractivity contribution is 7.09. The summed E-state index contributed by atoms with van der Waals surface area (Å²) >= 11 is 1.18. The normalized spacial score (nSPS) is 20.4. The lowest BCUT2D eigenvalue weighted by Crippen LogP contribution is -2.43. The van der Waals surface area contributed by atoms with Crippen LogP contribution in [-0.4, -0.2) is 45.1 Å². The standard InChI is InChI=1S/C10H16N4O2S/c1-7-11-9(17-13-7)12-10(16)14-4-2-3-8(5-14)6-15/h8,15H,2-6H2,1H3,(H,11,12,13,16)/t8-/m1/s1. The number of rotatable bonds is 2. The third-order valence-corrected chi connectivity index (χ3v) is 3.53. The number of aliphatic hydroxyl groups excluding tert-OH is 1. The first kappa shape index (κ1) is 12.3. The van der Waals surface area contributed by atoms with Gasteiger partial charge in [0.15, 0.2) is 0 Å². The fourth-order valence-electron chi connectivity index (χ4n) is 1.92. The summed E-state index contributed by atoms with van der Waals surface area (Å²) in [5.74, 6) is 0.864. The maximum absolute atomic E-state index is 11.9. The Morgan fingerprint density at radius 1 is 1.71 bits per heavy atom. The Kier molecular flexibility index (Phi) is 3.90. The number of piperidine rings is 1. The number of aryl methyl sites for hydroxylation is 1. The van der Waals surface area contributed by atoms with Gasteiger partial charge in [0.25, 0.3) is 0 Å². The molecule has 1 aliphatic heterocycles. The lowest BCUT2D eigenvalue weighted by Gasteiger charge is -2.31. The van der Waals surface area contributed by atoms with Crippen molar-refractivity contribution < 1.29 is 9.90 Å². The van der Waals surface area contributed by atoms with Crippen molar-refractivity contribution in [3.63, 3.8) is 0 Å². The van der Waals surface area contributed by atoms with E-state index in [9.17, 15) is 4.79 Å². The van der Waals surface area contributed by atoms with Crippen molar-refractivity contribution in [3.05, 3.63) is 5.82 Å². The summed E-state index contributed by atoms with van der Waals surface area (Å²) < 4.78 is 4.00.